The van der Waals surface area contributed by atoms with E-state index in [-0.39, 0.29) is 43.7 Å². The largest absolute Gasteiger partial charge is 0.494 e. The van der Waals surface area contributed by atoms with E-state index in [0.717, 1.165) is 68.6 Å². The number of hydrogen-bond acceptors (Lipinski definition) is 15. The summed E-state index contributed by atoms with van der Waals surface area (Å²) in [6.07, 6.45) is 0. The van der Waals surface area contributed by atoms with E-state index in [2.05, 4.69) is 0 Å². The van der Waals surface area contributed by atoms with Crippen LogP contribution < -0.4 is 9.64 Å². The van der Waals surface area contributed by atoms with E-state index < -0.39 is 57.8 Å². The molecule has 1 spiro atoms. The predicted octanol–water partition coefficient (Wildman–Crippen LogP) is 4.30. The molecule has 0 N–H and O–H groups in total. The molecule has 0 aromatic heterocycles. The number of anilines is 1. The number of methoxy groups -OCH3 is 4. The molecule has 2 aromatic rings. The van der Waals surface area contributed by atoms with Crippen molar-refractivity contribution in [2.45, 2.75) is 30.4 Å². The highest BCUT2D eigenvalue weighted by atomic mass is 32.2. The van der Waals surface area contributed by atoms with Crippen LogP contribution in [0.4, 0.5) is 5.69 Å². The van der Waals surface area contributed by atoms with Crippen LogP contribution in [0.1, 0.15) is 47.1 Å². The Hall–Kier alpha value is -5.00. The molecule has 276 valence electrons. The molecular weight excluding hydrogens is 749 g/mol. The van der Waals surface area contributed by atoms with Gasteiger partial charge in [-0.2, -0.15) is 0 Å². The highest BCUT2D eigenvalue weighted by Crippen LogP contribution is 2.71. The van der Waals surface area contributed by atoms with Gasteiger partial charge < -0.3 is 28.6 Å². The van der Waals surface area contributed by atoms with Crippen molar-refractivity contribution in [2.75, 3.05) is 46.5 Å². The lowest BCUT2D eigenvalue weighted by molar-refractivity contribution is -0.138. The number of imide groups is 1. The first-order chi connectivity index (χ1) is 25.2. The third-order valence-electron chi connectivity index (χ3n) is 8.84. The third kappa shape index (κ3) is 5.81. The Bertz CT molecular complexity index is 2070. The number of thioether (sulfide) groups is 3. The average Bonchev–Trinajstić information content (AvgIpc) is 3.65. The van der Waals surface area contributed by atoms with Crippen LogP contribution in [-0.2, 0) is 42.9 Å². The minimum absolute atomic E-state index is 0.175. The van der Waals surface area contributed by atoms with Crippen LogP contribution in [0.5, 0.6) is 5.75 Å². The molecule has 0 atom stereocenters. The summed E-state index contributed by atoms with van der Waals surface area (Å²) in [5.74, 6) is -5.21. The lowest BCUT2D eigenvalue weighted by Crippen LogP contribution is -2.56. The van der Waals surface area contributed by atoms with Crippen molar-refractivity contribution in [3.05, 3.63) is 84.3 Å². The second-order valence-electron chi connectivity index (χ2n) is 12.1. The van der Waals surface area contributed by atoms with Gasteiger partial charge in [-0.1, -0.05) is 47.4 Å². The smallest absolute Gasteiger partial charge is 0.345 e. The fraction of sp³-hybridized carbons (Fsp3) is 0.306. The van der Waals surface area contributed by atoms with Gasteiger partial charge in [-0.15, -0.1) is 0 Å². The maximum atomic E-state index is 14.6. The highest BCUT2D eigenvalue weighted by Gasteiger charge is 2.62. The minimum Gasteiger partial charge on any atom is -0.494 e. The summed E-state index contributed by atoms with van der Waals surface area (Å²) in [7, 11) is 4.51. The minimum atomic E-state index is -1.81. The Labute approximate surface area is 316 Å². The normalized spacial score (nSPS) is 18.1. The lowest BCUT2D eigenvalue weighted by Gasteiger charge is -2.51. The number of esters is 4. The Kier molecular flexibility index (Phi) is 10.0. The van der Waals surface area contributed by atoms with Crippen molar-refractivity contribution in [2.24, 2.45) is 0 Å². The van der Waals surface area contributed by atoms with Crippen LogP contribution in [0.25, 0.3) is 5.57 Å². The van der Waals surface area contributed by atoms with Gasteiger partial charge in [-0.3, -0.25) is 19.3 Å². The van der Waals surface area contributed by atoms with Crippen molar-refractivity contribution >= 4 is 88.1 Å². The van der Waals surface area contributed by atoms with E-state index in [4.69, 9.17) is 23.7 Å². The van der Waals surface area contributed by atoms with Gasteiger partial charge in [0.15, 0.2) is 0 Å². The molecule has 4 aliphatic heterocycles. The van der Waals surface area contributed by atoms with E-state index in [1.165, 1.54) is 17.0 Å². The van der Waals surface area contributed by atoms with Gasteiger partial charge in [0.1, 0.15) is 31.1 Å². The third-order valence-corrected chi connectivity index (χ3v) is 13.5. The molecular formula is C36H32N2O12S3. The first-order valence-corrected chi connectivity index (χ1v) is 18.4. The fourth-order valence-electron chi connectivity index (χ4n) is 6.59. The second kappa shape index (κ2) is 14.1. The molecule has 0 saturated carbocycles. The molecule has 0 unspecified atom stereocenters. The van der Waals surface area contributed by atoms with Crippen molar-refractivity contribution in [3.8, 4) is 5.75 Å². The predicted molar refractivity (Wildman–Crippen MR) is 196 cm³/mol. The zero-order chi connectivity index (χ0) is 38.6. The van der Waals surface area contributed by atoms with Crippen molar-refractivity contribution in [1.82, 2.24) is 4.90 Å². The number of benzene rings is 2. The van der Waals surface area contributed by atoms with E-state index in [9.17, 15) is 33.6 Å². The monoisotopic (exact) mass is 780 g/mol. The highest BCUT2D eigenvalue weighted by molar-refractivity contribution is 8.26. The summed E-state index contributed by atoms with van der Waals surface area (Å²) in [5, 5.41) is 0. The number of carbonyl (C=O) groups is 7. The van der Waals surface area contributed by atoms with Crippen molar-refractivity contribution in [3.63, 3.8) is 0 Å². The van der Waals surface area contributed by atoms with Crippen LogP contribution in [0.15, 0.2) is 67.7 Å². The summed E-state index contributed by atoms with van der Waals surface area (Å²) in [6, 6.07) is 11.2. The second-order valence-corrected chi connectivity index (χ2v) is 15.8. The average molecular weight is 781 g/mol. The molecule has 0 radical (unpaired) electrons. The topological polar surface area (TPSA) is 172 Å². The quantitative estimate of drug-likeness (QED) is 0.211. The molecule has 0 fully saturated rings. The first-order valence-electron chi connectivity index (χ1n) is 15.9. The van der Waals surface area contributed by atoms with Crippen LogP contribution in [0.3, 0.4) is 0 Å². The number of carbonyl (C=O) groups excluding carboxylic acids is 7. The molecule has 17 heteroatoms. The summed E-state index contributed by atoms with van der Waals surface area (Å²) in [6.45, 7) is 4.81. The molecule has 14 nitrogen and oxygen atoms in total. The zero-order valence-corrected chi connectivity index (χ0v) is 31.9. The number of nitrogens with zero attached hydrogens (tertiary/aromatic N) is 2. The molecule has 0 bridgehead atoms. The molecule has 3 amide bonds. The molecule has 4 aliphatic rings. The van der Waals surface area contributed by atoms with Crippen molar-refractivity contribution in [1.29, 1.82) is 0 Å². The number of amides is 3. The number of ether oxygens (including phenoxy) is 5. The maximum absolute atomic E-state index is 14.6. The fourth-order valence-corrected chi connectivity index (χ4v) is 11.6. The van der Waals surface area contributed by atoms with Gasteiger partial charge >= 0.3 is 23.9 Å². The number of hydrogen-bond donors (Lipinski definition) is 0. The van der Waals surface area contributed by atoms with Crippen molar-refractivity contribution < 1.29 is 57.2 Å². The zero-order valence-electron chi connectivity index (χ0n) is 29.5. The summed E-state index contributed by atoms with van der Waals surface area (Å²) in [5.41, 5.74) is -0.310. The lowest BCUT2D eigenvalue weighted by atomic mass is 9.83. The molecule has 0 saturated heterocycles. The number of fused-ring (bicyclic) bond motifs is 4. The summed E-state index contributed by atoms with van der Waals surface area (Å²) in [4.78, 5) is 97.6. The molecule has 0 aliphatic carbocycles. The Morgan fingerprint density at radius 1 is 0.717 bits per heavy atom. The Morgan fingerprint density at radius 2 is 1.25 bits per heavy atom. The summed E-state index contributed by atoms with van der Waals surface area (Å²) < 4.78 is 24.5. The van der Waals surface area contributed by atoms with E-state index >= 15 is 0 Å². The van der Waals surface area contributed by atoms with Gasteiger partial charge in [-0.05, 0) is 51.1 Å². The Morgan fingerprint density at radius 3 is 1.75 bits per heavy atom. The van der Waals surface area contributed by atoms with Gasteiger partial charge in [0.25, 0.3) is 11.8 Å². The van der Waals surface area contributed by atoms with E-state index in [0.29, 0.717) is 21.8 Å². The first kappa shape index (κ1) is 37.7. The molecule has 53 heavy (non-hydrogen) atoms. The Balaban J connectivity index is 1.61. The van der Waals surface area contributed by atoms with Crippen LogP contribution in [-0.4, -0.2) is 97.7 Å². The van der Waals surface area contributed by atoms with E-state index in [1.54, 1.807) is 51.1 Å². The van der Waals surface area contributed by atoms with Crippen LogP contribution >= 0.6 is 35.3 Å². The molecule has 6 rings (SSSR count). The van der Waals surface area contributed by atoms with Gasteiger partial charge in [-0.25, -0.2) is 19.2 Å². The van der Waals surface area contributed by atoms with Gasteiger partial charge in [0, 0.05) is 16.0 Å². The van der Waals surface area contributed by atoms with Gasteiger partial charge in [0.2, 0.25) is 5.91 Å². The van der Waals surface area contributed by atoms with Crippen LogP contribution in [0.2, 0.25) is 0 Å². The standard InChI is InChI=1S/C36H32N2O12S3/c1-8-50-17-13-14-21-20(15-17)23-28(35(2,3)38(21)22(39)16-37-29(40)18-11-9-10-12-19(18)30(37)41)51-25(32(43)47-5)24(31(42)46-4)36(23)52-26(33(44)48-6)27(53-36)34(45)49-7/h9-15H,8,16H2,1-7H3. The molecule has 4 heterocycles. The summed E-state index contributed by atoms with van der Waals surface area (Å²) >= 11 is 2.44. The molecule has 2 aromatic carbocycles. The number of rotatable bonds is 8. The van der Waals surface area contributed by atoms with E-state index in [1.807, 2.05) is 0 Å². The van der Waals surface area contributed by atoms with Crippen LogP contribution in [0, 0.1) is 0 Å². The van der Waals surface area contributed by atoms with Gasteiger partial charge in [0.05, 0.1) is 63.0 Å². The maximum Gasteiger partial charge on any atom is 0.345 e. The SMILES string of the molecule is CCOc1ccc2c(c1)C1=C(SC(C(=O)OC)=C(C(=O)OC)C13SC(C(=O)OC)=C(C(=O)OC)S3)C(C)(C)N2C(=O)CN1C(=O)c2ccccc2C1=O.